The van der Waals surface area contributed by atoms with Crippen LogP contribution in [0.3, 0.4) is 0 Å². The molecular formula is C23H31N3O3. The molecule has 1 aliphatic carbocycles. The summed E-state index contributed by atoms with van der Waals surface area (Å²) in [4.78, 5) is 19.6. The van der Waals surface area contributed by atoms with E-state index in [0.29, 0.717) is 18.2 Å². The van der Waals surface area contributed by atoms with Crippen LogP contribution in [-0.2, 0) is 11.2 Å². The van der Waals surface area contributed by atoms with Crippen molar-refractivity contribution in [2.75, 3.05) is 20.2 Å². The second-order valence-electron chi connectivity index (χ2n) is 8.66. The molecule has 156 valence electrons. The van der Waals surface area contributed by atoms with Crippen LogP contribution in [0.15, 0.2) is 22.7 Å². The predicted molar refractivity (Wildman–Crippen MR) is 110 cm³/mol. The quantitative estimate of drug-likeness (QED) is 0.747. The van der Waals surface area contributed by atoms with Gasteiger partial charge >= 0.3 is 0 Å². The maximum atomic E-state index is 13.0. The monoisotopic (exact) mass is 397 g/mol. The first-order valence-electron chi connectivity index (χ1n) is 10.8. The average Bonchev–Trinajstić information content (AvgIpc) is 3.24. The van der Waals surface area contributed by atoms with E-state index in [4.69, 9.17) is 9.26 Å². The summed E-state index contributed by atoms with van der Waals surface area (Å²) >= 11 is 0. The van der Waals surface area contributed by atoms with E-state index in [1.165, 1.54) is 11.1 Å². The lowest BCUT2D eigenvalue weighted by Gasteiger charge is -2.33. The molecule has 2 heterocycles. The molecule has 2 aliphatic rings. The minimum absolute atomic E-state index is 0.247. The van der Waals surface area contributed by atoms with Gasteiger partial charge in [0.25, 0.3) is 0 Å². The second kappa shape index (κ2) is 8.56. The average molecular weight is 398 g/mol. The fourth-order valence-electron chi connectivity index (χ4n) is 4.60. The predicted octanol–water partition coefficient (Wildman–Crippen LogP) is 4.42. The third-order valence-corrected chi connectivity index (χ3v) is 6.37. The Kier molecular flexibility index (Phi) is 5.88. The number of methoxy groups -OCH3 is 1. The molecule has 1 amide bonds. The van der Waals surface area contributed by atoms with E-state index in [-0.39, 0.29) is 17.7 Å². The molecule has 1 atom stereocenters. The SMILES string of the molecule is COc1ccc2c(c1)CCCC2CC(=O)N1CCC(c2noc(C(C)C)n2)CC1. The normalized spacial score (nSPS) is 20.0. The van der Waals surface area contributed by atoms with Crippen LogP contribution in [0.25, 0.3) is 0 Å². The van der Waals surface area contributed by atoms with E-state index >= 15 is 0 Å². The molecule has 1 aliphatic heterocycles. The van der Waals surface area contributed by atoms with Gasteiger partial charge in [-0.1, -0.05) is 25.1 Å². The zero-order chi connectivity index (χ0) is 20.4. The summed E-state index contributed by atoms with van der Waals surface area (Å²) in [7, 11) is 1.70. The van der Waals surface area contributed by atoms with Gasteiger partial charge in [-0.2, -0.15) is 4.98 Å². The molecule has 0 spiro atoms. The van der Waals surface area contributed by atoms with Crippen molar-refractivity contribution in [3.8, 4) is 5.75 Å². The Bertz CT molecular complexity index is 853. The number of amides is 1. The molecule has 29 heavy (non-hydrogen) atoms. The fraction of sp³-hybridized carbons (Fsp3) is 0.609. The minimum atomic E-state index is 0.247. The maximum Gasteiger partial charge on any atom is 0.229 e. The van der Waals surface area contributed by atoms with Gasteiger partial charge in [-0.25, -0.2) is 0 Å². The van der Waals surface area contributed by atoms with Crippen LogP contribution in [0.2, 0.25) is 0 Å². The highest BCUT2D eigenvalue weighted by Crippen LogP contribution is 2.37. The molecule has 0 N–H and O–H groups in total. The van der Waals surface area contributed by atoms with Gasteiger partial charge in [0.1, 0.15) is 5.75 Å². The van der Waals surface area contributed by atoms with Gasteiger partial charge in [-0.15, -0.1) is 0 Å². The van der Waals surface area contributed by atoms with Crippen molar-refractivity contribution in [3.63, 3.8) is 0 Å². The van der Waals surface area contributed by atoms with Crippen LogP contribution < -0.4 is 4.74 Å². The molecule has 1 fully saturated rings. The van der Waals surface area contributed by atoms with E-state index in [2.05, 4.69) is 36.1 Å². The topological polar surface area (TPSA) is 68.5 Å². The fourth-order valence-corrected chi connectivity index (χ4v) is 4.60. The number of benzene rings is 1. The number of ether oxygens (including phenoxy) is 1. The molecule has 1 aromatic carbocycles. The lowest BCUT2D eigenvalue weighted by atomic mass is 9.80. The van der Waals surface area contributed by atoms with Crippen molar-refractivity contribution in [2.45, 2.75) is 70.1 Å². The summed E-state index contributed by atoms with van der Waals surface area (Å²) in [6.45, 7) is 5.66. The van der Waals surface area contributed by atoms with Gasteiger partial charge in [0.2, 0.25) is 11.8 Å². The van der Waals surface area contributed by atoms with Crippen LogP contribution in [0, 0.1) is 0 Å². The molecule has 1 aromatic heterocycles. The van der Waals surface area contributed by atoms with Crippen molar-refractivity contribution in [1.82, 2.24) is 15.0 Å². The Labute approximate surface area is 172 Å². The summed E-state index contributed by atoms with van der Waals surface area (Å²) in [5.41, 5.74) is 2.67. The Morgan fingerprint density at radius 1 is 1.28 bits per heavy atom. The molecule has 4 rings (SSSR count). The number of aromatic nitrogens is 2. The van der Waals surface area contributed by atoms with Crippen molar-refractivity contribution in [1.29, 1.82) is 0 Å². The number of carbonyl (C=O) groups excluding carboxylic acids is 1. The lowest BCUT2D eigenvalue weighted by molar-refractivity contribution is -0.132. The number of rotatable bonds is 5. The van der Waals surface area contributed by atoms with Crippen LogP contribution in [0.5, 0.6) is 5.75 Å². The number of hydrogen-bond donors (Lipinski definition) is 0. The van der Waals surface area contributed by atoms with Crippen molar-refractivity contribution in [3.05, 3.63) is 41.0 Å². The van der Waals surface area contributed by atoms with Gasteiger partial charge in [0, 0.05) is 31.3 Å². The van der Waals surface area contributed by atoms with Crippen LogP contribution in [0.4, 0.5) is 0 Å². The largest absolute Gasteiger partial charge is 0.497 e. The molecule has 1 saturated heterocycles. The van der Waals surface area contributed by atoms with E-state index in [9.17, 15) is 4.79 Å². The summed E-state index contributed by atoms with van der Waals surface area (Å²) in [6.07, 6.45) is 5.70. The van der Waals surface area contributed by atoms with Crippen molar-refractivity contribution in [2.24, 2.45) is 0 Å². The zero-order valence-corrected chi connectivity index (χ0v) is 17.7. The zero-order valence-electron chi connectivity index (χ0n) is 17.7. The smallest absolute Gasteiger partial charge is 0.229 e. The number of carbonyl (C=O) groups is 1. The van der Waals surface area contributed by atoms with Crippen LogP contribution in [0.1, 0.15) is 86.5 Å². The molecule has 6 nitrogen and oxygen atoms in total. The number of likely N-dealkylation sites (tertiary alicyclic amines) is 1. The molecule has 0 radical (unpaired) electrons. The molecule has 2 aromatic rings. The summed E-state index contributed by atoms with van der Waals surface area (Å²) in [5, 5.41) is 4.16. The highest BCUT2D eigenvalue weighted by atomic mass is 16.5. The number of fused-ring (bicyclic) bond motifs is 1. The first kappa shape index (κ1) is 19.9. The third-order valence-electron chi connectivity index (χ3n) is 6.37. The van der Waals surface area contributed by atoms with Gasteiger partial charge in [-0.3, -0.25) is 4.79 Å². The molecule has 0 saturated carbocycles. The Morgan fingerprint density at radius 3 is 2.76 bits per heavy atom. The lowest BCUT2D eigenvalue weighted by Crippen LogP contribution is -2.38. The molecular weight excluding hydrogens is 366 g/mol. The first-order chi connectivity index (χ1) is 14.0. The summed E-state index contributed by atoms with van der Waals surface area (Å²) in [5.74, 6) is 3.53. The minimum Gasteiger partial charge on any atom is -0.497 e. The van der Waals surface area contributed by atoms with Gasteiger partial charge < -0.3 is 14.2 Å². The van der Waals surface area contributed by atoms with E-state index in [1.54, 1.807) is 7.11 Å². The highest BCUT2D eigenvalue weighted by Gasteiger charge is 2.30. The van der Waals surface area contributed by atoms with E-state index in [0.717, 1.165) is 56.8 Å². The summed E-state index contributed by atoms with van der Waals surface area (Å²) < 4.78 is 10.7. The molecule has 6 heteroatoms. The number of hydrogen-bond acceptors (Lipinski definition) is 5. The number of aryl methyl sites for hydroxylation is 1. The van der Waals surface area contributed by atoms with Gasteiger partial charge in [0.15, 0.2) is 5.82 Å². The van der Waals surface area contributed by atoms with Crippen LogP contribution >= 0.6 is 0 Å². The first-order valence-corrected chi connectivity index (χ1v) is 10.8. The standard InChI is InChI=1S/C23H31N3O3/c1-15(2)23-24-22(25-29-23)16-9-11-26(12-10-16)21(27)14-18-6-4-5-17-13-19(28-3)7-8-20(17)18/h7-8,13,15-16,18H,4-6,9-12,14H2,1-3H3. The van der Waals surface area contributed by atoms with Gasteiger partial charge in [-0.05, 0) is 61.3 Å². The van der Waals surface area contributed by atoms with E-state index in [1.807, 2.05) is 11.0 Å². The van der Waals surface area contributed by atoms with Gasteiger partial charge in [0.05, 0.1) is 7.11 Å². The number of nitrogens with zero attached hydrogens (tertiary/aromatic N) is 3. The Balaban J connectivity index is 1.35. The second-order valence-corrected chi connectivity index (χ2v) is 8.66. The summed E-state index contributed by atoms with van der Waals surface area (Å²) in [6, 6.07) is 6.30. The highest BCUT2D eigenvalue weighted by molar-refractivity contribution is 5.77. The molecule has 0 bridgehead atoms. The van der Waals surface area contributed by atoms with Crippen LogP contribution in [-0.4, -0.2) is 41.1 Å². The number of piperidine rings is 1. The van der Waals surface area contributed by atoms with Crippen molar-refractivity contribution < 1.29 is 14.1 Å². The third kappa shape index (κ3) is 4.31. The van der Waals surface area contributed by atoms with Crippen molar-refractivity contribution >= 4 is 5.91 Å². The Hall–Kier alpha value is -2.37. The molecule has 1 unspecified atom stereocenters. The van der Waals surface area contributed by atoms with E-state index < -0.39 is 0 Å². The Morgan fingerprint density at radius 2 is 2.07 bits per heavy atom. The maximum absolute atomic E-state index is 13.0.